The van der Waals surface area contributed by atoms with Crippen LogP contribution >= 0.6 is 11.6 Å². The summed E-state index contributed by atoms with van der Waals surface area (Å²) in [7, 11) is 2.94. The number of carbonyl (C=O) groups excluding carboxylic acids is 3. The Labute approximate surface area is 139 Å². The number of hydrogen-bond acceptors (Lipinski definition) is 4. The van der Waals surface area contributed by atoms with Crippen molar-refractivity contribution in [2.45, 2.75) is 18.9 Å². The summed E-state index contributed by atoms with van der Waals surface area (Å²) >= 11 is 5.96. The van der Waals surface area contributed by atoms with Crippen LogP contribution in [0.4, 0.5) is 5.69 Å². The number of ether oxygens (including phenoxy) is 1. The van der Waals surface area contributed by atoms with Crippen LogP contribution in [0, 0.1) is 0 Å². The molecule has 0 heterocycles. The number of nitrogens with one attached hydrogen (secondary N) is 1. The minimum absolute atomic E-state index is 0.206. The molecule has 1 saturated carbocycles. The molecule has 0 unspecified atom stereocenters. The Balaban J connectivity index is 2.18. The summed E-state index contributed by atoms with van der Waals surface area (Å²) in [5.41, 5.74) is 0.651. The molecule has 1 aliphatic carbocycles. The van der Waals surface area contributed by atoms with Crippen LogP contribution in [0.25, 0.3) is 0 Å². The van der Waals surface area contributed by atoms with E-state index >= 15 is 0 Å². The third-order valence-electron chi connectivity index (χ3n) is 3.46. The van der Waals surface area contributed by atoms with Crippen molar-refractivity contribution in [3.63, 3.8) is 0 Å². The first-order valence-electron chi connectivity index (χ1n) is 7.06. The van der Waals surface area contributed by atoms with Gasteiger partial charge in [0.25, 0.3) is 5.91 Å². The molecule has 0 aliphatic heterocycles. The monoisotopic (exact) mass is 336 g/mol. The van der Waals surface area contributed by atoms with E-state index in [1.54, 1.807) is 24.1 Å². The molecule has 0 spiro atoms. The molecule has 122 valence electrons. The molecule has 0 aromatic heterocycles. The summed E-state index contributed by atoms with van der Waals surface area (Å²) in [5, 5.41) is 2.98. The van der Waals surface area contributed by atoms with E-state index in [0.29, 0.717) is 16.3 Å². The molecule has 1 aromatic carbocycles. The van der Waals surface area contributed by atoms with Crippen LogP contribution in [0.5, 0.6) is 0 Å². The quantitative estimate of drug-likeness (QED) is 0.661. The highest BCUT2D eigenvalue weighted by molar-refractivity contribution is 6.31. The van der Waals surface area contributed by atoms with Crippen LogP contribution in [0.1, 0.15) is 23.2 Å². The Morgan fingerprint density at radius 1 is 1.30 bits per heavy atom. The van der Waals surface area contributed by atoms with Gasteiger partial charge < -0.3 is 15.0 Å². The van der Waals surface area contributed by atoms with Crippen molar-refractivity contribution in [3.8, 4) is 0 Å². The zero-order valence-electron chi connectivity index (χ0n) is 12.8. The van der Waals surface area contributed by atoms with E-state index < -0.39 is 11.9 Å². The predicted molar refractivity (Wildman–Crippen MR) is 86.4 cm³/mol. The van der Waals surface area contributed by atoms with Gasteiger partial charge in [-0.25, -0.2) is 4.79 Å². The topological polar surface area (TPSA) is 75.7 Å². The van der Waals surface area contributed by atoms with Gasteiger partial charge in [-0.05, 0) is 31.0 Å². The number of carbonyl (C=O) groups is 3. The van der Waals surface area contributed by atoms with Crippen LogP contribution < -0.4 is 5.32 Å². The smallest absolute Gasteiger partial charge is 0.330 e. The second-order valence-corrected chi connectivity index (χ2v) is 5.62. The maximum Gasteiger partial charge on any atom is 0.330 e. The second-order valence-electron chi connectivity index (χ2n) is 5.18. The van der Waals surface area contributed by atoms with Gasteiger partial charge in [-0.15, -0.1) is 0 Å². The molecule has 7 heteroatoms. The van der Waals surface area contributed by atoms with Gasteiger partial charge in [0.15, 0.2) is 0 Å². The zero-order valence-corrected chi connectivity index (χ0v) is 13.6. The summed E-state index contributed by atoms with van der Waals surface area (Å²) in [6.45, 7) is 0. The number of rotatable bonds is 5. The van der Waals surface area contributed by atoms with E-state index in [9.17, 15) is 14.4 Å². The molecule has 1 aliphatic rings. The van der Waals surface area contributed by atoms with Crippen LogP contribution in [-0.2, 0) is 14.3 Å². The molecule has 0 bridgehead atoms. The summed E-state index contributed by atoms with van der Waals surface area (Å²) < 4.78 is 4.41. The van der Waals surface area contributed by atoms with E-state index in [-0.39, 0.29) is 11.9 Å². The number of hydrogen-bond donors (Lipinski definition) is 1. The lowest BCUT2D eigenvalue weighted by atomic mass is 10.1. The second kappa shape index (κ2) is 7.28. The van der Waals surface area contributed by atoms with Crippen molar-refractivity contribution < 1.29 is 19.1 Å². The fourth-order valence-electron chi connectivity index (χ4n) is 2.01. The van der Waals surface area contributed by atoms with Gasteiger partial charge in [0.2, 0.25) is 5.91 Å². The average molecular weight is 337 g/mol. The molecule has 0 radical (unpaired) electrons. The third-order valence-corrected chi connectivity index (χ3v) is 3.69. The Hall–Kier alpha value is -2.34. The first kappa shape index (κ1) is 17.0. The van der Waals surface area contributed by atoms with Crippen molar-refractivity contribution in [1.29, 1.82) is 0 Å². The van der Waals surface area contributed by atoms with Gasteiger partial charge in [-0.2, -0.15) is 0 Å². The summed E-state index contributed by atoms with van der Waals surface area (Å²) in [5.74, 6) is -1.39. The number of halogens is 1. The van der Waals surface area contributed by atoms with Crippen molar-refractivity contribution in [1.82, 2.24) is 4.90 Å². The van der Waals surface area contributed by atoms with Crippen molar-refractivity contribution in [2.24, 2.45) is 0 Å². The summed E-state index contributed by atoms with van der Waals surface area (Å²) in [4.78, 5) is 37.0. The average Bonchev–Trinajstić information content (AvgIpc) is 3.37. The minimum Gasteiger partial charge on any atom is -0.466 e. The van der Waals surface area contributed by atoms with Gasteiger partial charge in [0.1, 0.15) is 0 Å². The van der Waals surface area contributed by atoms with Crippen molar-refractivity contribution >= 4 is 35.1 Å². The fourth-order valence-corrected chi connectivity index (χ4v) is 2.18. The number of esters is 1. The lowest BCUT2D eigenvalue weighted by Crippen LogP contribution is -2.29. The normalized spacial score (nSPS) is 13.7. The summed E-state index contributed by atoms with van der Waals surface area (Å²) in [6, 6.07) is 4.89. The first-order chi connectivity index (χ1) is 10.9. The summed E-state index contributed by atoms with van der Waals surface area (Å²) in [6.07, 6.45) is 4.00. The Kier molecular flexibility index (Phi) is 5.39. The third kappa shape index (κ3) is 4.56. The Bertz CT molecular complexity index is 668. The SMILES string of the molecule is COC(=O)/C=C/C(=O)Nc1ccc(Cl)cc1C(=O)N(C)C1CC1. The molecule has 23 heavy (non-hydrogen) atoms. The van der Waals surface area contributed by atoms with Gasteiger partial charge in [0.05, 0.1) is 18.4 Å². The molecule has 6 nitrogen and oxygen atoms in total. The van der Waals surface area contributed by atoms with E-state index in [4.69, 9.17) is 11.6 Å². The molecular weight excluding hydrogens is 320 g/mol. The molecule has 0 atom stereocenters. The molecule has 1 fully saturated rings. The molecule has 2 rings (SSSR count). The molecule has 1 N–H and O–H groups in total. The van der Waals surface area contributed by atoms with E-state index in [1.807, 2.05) is 0 Å². The number of methoxy groups -OCH3 is 1. The predicted octanol–water partition coefficient (Wildman–Crippen LogP) is 2.24. The van der Waals surface area contributed by atoms with Crippen LogP contribution in [0.2, 0.25) is 5.02 Å². The van der Waals surface area contributed by atoms with Crippen molar-refractivity contribution in [2.75, 3.05) is 19.5 Å². The largest absolute Gasteiger partial charge is 0.466 e. The zero-order chi connectivity index (χ0) is 17.0. The van der Waals surface area contributed by atoms with Crippen LogP contribution in [-0.4, -0.2) is 42.9 Å². The van der Waals surface area contributed by atoms with Crippen molar-refractivity contribution in [3.05, 3.63) is 40.9 Å². The molecular formula is C16H17ClN2O4. The maximum atomic E-state index is 12.5. The van der Waals surface area contributed by atoms with Gasteiger partial charge >= 0.3 is 5.97 Å². The molecule has 2 amide bonds. The minimum atomic E-state index is -0.638. The van der Waals surface area contributed by atoms with Crippen LogP contribution in [0.15, 0.2) is 30.4 Å². The van der Waals surface area contributed by atoms with E-state index in [0.717, 1.165) is 25.0 Å². The van der Waals surface area contributed by atoms with Gasteiger partial charge in [-0.1, -0.05) is 11.6 Å². The number of nitrogens with zero attached hydrogens (tertiary/aromatic N) is 1. The molecule has 0 saturated heterocycles. The number of amides is 2. The lowest BCUT2D eigenvalue weighted by Gasteiger charge is -2.18. The number of benzene rings is 1. The Morgan fingerprint density at radius 2 is 2.00 bits per heavy atom. The number of anilines is 1. The maximum absolute atomic E-state index is 12.5. The standard InChI is InChI=1S/C16H17ClN2O4/c1-19(11-4-5-11)16(22)12-9-10(17)3-6-13(12)18-14(20)7-8-15(21)23-2/h3,6-9,11H,4-5H2,1-2H3,(H,18,20)/b8-7+. The first-order valence-corrected chi connectivity index (χ1v) is 7.44. The highest BCUT2D eigenvalue weighted by Gasteiger charge is 2.31. The van der Waals surface area contributed by atoms with Gasteiger partial charge in [-0.3, -0.25) is 9.59 Å². The van der Waals surface area contributed by atoms with E-state index in [2.05, 4.69) is 10.1 Å². The van der Waals surface area contributed by atoms with Crippen LogP contribution in [0.3, 0.4) is 0 Å². The molecule has 1 aromatic rings. The van der Waals surface area contributed by atoms with Gasteiger partial charge in [0, 0.05) is 30.3 Å². The fraction of sp³-hybridized carbons (Fsp3) is 0.312. The highest BCUT2D eigenvalue weighted by Crippen LogP contribution is 2.29. The van der Waals surface area contributed by atoms with E-state index in [1.165, 1.54) is 13.2 Å². The Morgan fingerprint density at radius 3 is 2.61 bits per heavy atom. The highest BCUT2D eigenvalue weighted by atomic mass is 35.5. The lowest BCUT2D eigenvalue weighted by molar-refractivity contribution is -0.135.